The SMILES string of the molecule is C=CCNS(=O)(=O)c1cc(C(=O)NCCC[NH+]2CCCC[C@@H]2C)ccc1Cl. The second-order valence-electron chi connectivity index (χ2n) is 6.95. The number of amides is 1. The van der Waals surface area contributed by atoms with E-state index < -0.39 is 10.0 Å². The minimum absolute atomic E-state index is 0.0748. The zero-order valence-electron chi connectivity index (χ0n) is 15.8. The van der Waals surface area contributed by atoms with E-state index in [1.807, 2.05) is 0 Å². The van der Waals surface area contributed by atoms with Crippen molar-refractivity contribution in [2.75, 3.05) is 26.2 Å². The van der Waals surface area contributed by atoms with Gasteiger partial charge < -0.3 is 10.2 Å². The van der Waals surface area contributed by atoms with Crippen LogP contribution in [0.15, 0.2) is 35.7 Å². The van der Waals surface area contributed by atoms with Gasteiger partial charge in [-0.2, -0.15) is 0 Å². The quantitative estimate of drug-likeness (QED) is 0.422. The van der Waals surface area contributed by atoms with Crippen LogP contribution in [0.5, 0.6) is 0 Å². The van der Waals surface area contributed by atoms with Crippen LogP contribution in [0.4, 0.5) is 0 Å². The Morgan fingerprint density at radius 3 is 2.89 bits per heavy atom. The Morgan fingerprint density at radius 2 is 2.19 bits per heavy atom. The molecule has 0 spiro atoms. The molecule has 6 nitrogen and oxygen atoms in total. The maximum atomic E-state index is 12.4. The van der Waals surface area contributed by atoms with Gasteiger partial charge in [-0.3, -0.25) is 4.79 Å². The zero-order chi connectivity index (χ0) is 19.9. The van der Waals surface area contributed by atoms with E-state index in [2.05, 4.69) is 23.5 Å². The maximum absolute atomic E-state index is 12.4. The van der Waals surface area contributed by atoms with Crippen LogP contribution < -0.4 is 14.9 Å². The molecular weight excluding hydrogens is 386 g/mol. The van der Waals surface area contributed by atoms with E-state index in [1.54, 1.807) is 4.90 Å². The molecule has 1 saturated heterocycles. The Balaban J connectivity index is 1.92. The number of piperidine rings is 1. The number of nitrogens with one attached hydrogen (secondary N) is 3. The molecule has 1 aromatic rings. The van der Waals surface area contributed by atoms with Crippen LogP contribution in [0.2, 0.25) is 5.02 Å². The molecule has 0 saturated carbocycles. The van der Waals surface area contributed by atoms with Crippen molar-refractivity contribution in [1.82, 2.24) is 10.0 Å². The van der Waals surface area contributed by atoms with Crippen LogP contribution in [0.3, 0.4) is 0 Å². The highest BCUT2D eigenvalue weighted by Crippen LogP contribution is 2.22. The molecule has 3 N–H and O–H groups in total. The summed E-state index contributed by atoms with van der Waals surface area (Å²) in [6, 6.07) is 4.95. The lowest BCUT2D eigenvalue weighted by Gasteiger charge is -2.30. The first-order valence-corrected chi connectivity index (χ1v) is 11.2. The molecule has 1 fully saturated rings. The third-order valence-electron chi connectivity index (χ3n) is 4.94. The number of carbonyl (C=O) groups excluding carboxylic acids is 1. The largest absolute Gasteiger partial charge is 0.352 e. The van der Waals surface area contributed by atoms with Gasteiger partial charge in [0.25, 0.3) is 5.91 Å². The minimum atomic E-state index is -3.79. The molecule has 2 rings (SSSR count). The Bertz CT molecular complexity index is 767. The van der Waals surface area contributed by atoms with Gasteiger partial charge in [-0.25, -0.2) is 13.1 Å². The summed E-state index contributed by atoms with van der Waals surface area (Å²) >= 11 is 6.01. The highest BCUT2D eigenvalue weighted by molar-refractivity contribution is 7.89. The van der Waals surface area contributed by atoms with Gasteiger partial charge in [-0.05, 0) is 44.4 Å². The fourth-order valence-electron chi connectivity index (χ4n) is 3.34. The molecule has 27 heavy (non-hydrogen) atoms. The molecule has 1 aliphatic rings. The van der Waals surface area contributed by atoms with Gasteiger partial charge >= 0.3 is 0 Å². The smallest absolute Gasteiger partial charge is 0.251 e. The van der Waals surface area contributed by atoms with E-state index in [-0.39, 0.29) is 27.9 Å². The summed E-state index contributed by atoms with van der Waals surface area (Å²) in [6.45, 7) is 8.65. The number of hydrogen-bond acceptors (Lipinski definition) is 3. The van der Waals surface area contributed by atoms with E-state index >= 15 is 0 Å². The van der Waals surface area contributed by atoms with Crippen molar-refractivity contribution in [3.8, 4) is 0 Å². The number of benzene rings is 1. The van der Waals surface area contributed by atoms with Crippen molar-refractivity contribution in [3.05, 3.63) is 41.4 Å². The number of sulfonamides is 1. The number of carbonyl (C=O) groups is 1. The van der Waals surface area contributed by atoms with Gasteiger partial charge in [0.2, 0.25) is 10.0 Å². The fourth-order valence-corrected chi connectivity index (χ4v) is 4.86. The van der Waals surface area contributed by atoms with E-state index in [0.29, 0.717) is 12.6 Å². The van der Waals surface area contributed by atoms with E-state index in [4.69, 9.17) is 11.6 Å². The first-order chi connectivity index (χ1) is 12.8. The van der Waals surface area contributed by atoms with Crippen molar-refractivity contribution in [2.45, 2.75) is 43.5 Å². The molecule has 2 atom stereocenters. The molecule has 150 valence electrons. The Morgan fingerprint density at radius 1 is 1.41 bits per heavy atom. The first-order valence-electron chi connectivity index (χ1n) is 9.38. The highest BCUT2D eigenvalue weighted by Gasteiger charge is 2.22. The van der Waals surface area contributed by atoms with Gasteiger partial charge in [0.1, 0.15) is 4.90 Å². The molecule has 0 bridgehead atoms. The van der Waals surface area contributed by atoms with Crippen LogP contribution in [-0.2, 0) is 10.0 Å². The zero-order valence-corrected chi connectivity index (χ0v) is 17.3. The van der Waals surface area contributed by atoms with Gasteiger partial charge in [-0.15, -0.1) is 6.58 Å². The molecule has 1 heterocycles. The van der Waals surface area contributed by atoms with Crippen molar-refractivity contribution in [2.24, 2.45) is 0 Å². The lowest BCUT2D eigenvalue weighted by Crippen LogP contribution is -3.16. The van der Waals surface area contributed by atoms with E-state index in [1.165, 1.54) is 50.1 Å². The van der Waals surface area contributed by atoms with Crippen LogP contribution in [0, 0.1) is 0 Å². The fraction of sp³-hybridized carbons (Fsp3) is 0.526. The second kappa shape index (κ2) is 10.2. The van der Waals surface area contributed by atoms with E-state index in [9.17, 15) is 13.2 Å². The number of halogens is 1. The summed E-state index contributed by atoms with van der Waals surface area (Å²) in [5.41, 5.74) is 0.275. The molecule has 1 unspecified atom stereocenters. The molecule has 8 heteroatoms. The number of hydrogen-bond donors (Lipinski definition) is 3. The van der Waals surface area contributed by atoms with Crippen molar-refractivity contribution >= 4 is 27.5 Å². The van der Waals surface area contributed by atoms with Crippen molar-refractivity contribution in [1.29, 1.82) is 0 Å². The minimum Gasteiger partial charge on any atom is -0.352 e. The molecule has 1 amide bonds. The lowest BCUT2D eigenvalue weighted by molar-refractivity contribution is -0.928. The molecule has 0 aromatic heterocycles. The summed E-state index contributed by atoms with van der Waals surface area (Å²) in [5, 5.41) is 2.94. The average Bonchev–Trinajstić information content (AvgIpc) is 2.65. The predicted molar refractivity (Wildman–Crippen MR) is 108 cm³/mol. The third kappa shape index (κ3) is 6.31. The highest BCUT2D eigenvalue weighted by atomic mass is 35.5. The van der Waals surface area contributed by atoms with Crippen LogP contribution >= 0.6 is 11.6 Å². The van der Waals surface area contributed by atoms with Gasteiger partial charge in [0.15, 0.2) is 0 Å². The molecular formula is C19H29ClN3O3S+. The number of quaternary nitrogens is 1. The summed E-state index contributed by atoms with van der Waals surface area (Å²) in [4.78, 5) is 13.9. The lowest BCUT2D eigenvalue weighted by atomic mass is 10.0. The number of rotatable bonds is 9. The van der Waals surface area contributed by atoms with Crippen LogP contribution in [0.1, 0.15) is 43.0 Å². The Hall–Kier alpha value is -1.41. The van der Waals surface area contributed by atoms with Gasteiger partial charge in [-0.1, -0.05) is 17.7 Å². The summed E-state index contributed by atoms with van der Waals surface area (Å²) in [7, 11) is -3.79. The predicted octanol–water partition coefficient (Wildman–Crippen LogP) is 1.38. The van der Waals surface area contributed by atoms with Crippen molar-refractivity contribution < 1.29 is 18.1 Å². The number of likely N-dealkylation sites (tertiary alicyclic amines) is 1. The topological polar surface area (TPSA) is 79.7 Å². The first kappa shape index (κ1) is 21.9. The molecule has 1 aromatic carbocycles. The molecule has 1 aliphatic heterocycles. The average molecular weight is 415 g/mol. The summed E-state index contributed by atoms with van der Waals surface area (Å²) in [6.07, 6.45) is 6.18. The third-order valence-corrected chi connectivity index (χ3v) is 6.85. The molecule has 0 radical (unpaired) electrons. The maximum Gasteiger partial charge on any atom is 0.251 e. The summed E-state index contributed by atoms with van der Waals surface area (Å²) in [5.74, 6) is -0.298. The second-order valence-corrected chi connectivity index (χ2v) is 9.09. The van der Waals surface area contributed by atoms with Gasteiger partial charge in [0, 0.05) is 25.1 Å². The Labute approximate surface area is 167 Å². The monoisotopic (exact) mass is 414 g/mol. The summed E-state index contributed by atoms with van der Waals surface area (Å²) < 4.78 is 26.9. The van der Waals surface area contributed by atoms with Gasteiger partial charge in [0.05, 0.1) is 24.2 Å². The van der Waals surface area contributed by atoms with Crippen molar-refractivity contribution in [3.63, 3.8) is 0 Å². The standard InChI is InChI=1S/C19H28ClN3O3S/c1-3-10-22-27(25,26)18-14-16(8-9-17(18)20)19(24)21-11-6-13-23-12-5-4-7-15(23)2/h3,8-9,14-15,22H,1,4-7,10-13H2,2H3,(H,21,24)/p+1/t15-/m0/s1. The normalized spacial score (nSPS) is 20.2. The van der Waals surface area contributed by atoms with Crippen LogP contribution in [-0.4, -0.2) is 46.5 Å². The Kier molecular flexibility index (Phi) is 8.28. The molecule has 0 aliphatic carbocycles. The van der Waals surface area contributed by atoms with Crippen LogP contribution in [0.25, 0.3) is 0 Å². The van der Waals surface area contributed by atoms with E-state index in [0.717, 1.165) is 13.0 Å².